The molecule has 1 N–H and O–H groups in total. The van der Waals surface area contributed by atoms with Crippen LogP contribution in [0.15, 0.2) is 36.9 Å². The van der Waals surface area contributed by atoms with Crippen molar-refractivity contribution in [3.63, 3.8) is 0 Å². The van der Waals surface area contributed by atoms with Gasteiger partial charge in [-0.25, -0.2) is 4.98 Å². The number of esters is 1. The van der Waals surface area contributed by atoms with Gasteiger partial charge in [0, 0.05) is 6.54 Å². The van der Waals surface area contributed by atoms with E-state index in [2.05, 4.69) is 16.9 Å². The summed E-state index contributed by atoms with van der Waals surface area (Å²) in [5, 5.41) is 2.60. The fourth-order valence-electron chi connectivity index (χ4n) is 2.27. The zero-order valence-corrected chi connectivity index (χ0v) is 14.6. The lowest BCUT2D eigenvalue weighted by Gasteiger charge is -2.14. The maximum absolute atomic E-state index is 12.2. The summed E-state index contributed by atoms with van der Waals surface area (Å²) in [6.45, 7) is 5.43. The summed E-state index contributed by atoms with van der Waals surface area (Å²) in [4.78, 5) is 28.5. The van der Waals surface area contributed by atoms with E-state index < -0.39 is 12.1 Å². The Kier molecular flexibility index (Phi) is 6.43. The zero-order valence-electron chi connectivity index (χ0n) is 13.8. The molecule has 1 aromatic carbocycles. The lowest BCUT2D eigenvalue weighted by molar-refractivity contribution is -0.155. The summed E-state index contributed by atoms with van der Waals surface area (Å²) in [5.41, 5.74) is 1.72. The van der Waals surface area contributed by atoms with E-state index in [1.54, 1.807) is 24.8 Å². The van der Waals surface area contributed by atoms with Gasteiger partial charge in [0.05, 0.1) is 16.8 Å². The summed E-state index contributed by atoms with van der Waals surface area (Å²) in [7, 11) is 0. The quantitative estimate of drug-likeness (QED) is 0.585. The normalized spacial score (nSPS) is 11.9. The second-order valence-electron chi connectivity index (χ2n) is 5.20. The van der Waals surface area contributed by atoms with Crippen LogP contribution in [-0.4, -0.2) is 40.3 Å². The highest BCUT2D eigenvalue weighted by atomic mass is 32.2. The van der Waals surface area contributed by atoms with Gasteiger partial charge in [0.2, 0.25) is 0 Å². The van der Waals surface area contributed by atoms with Crippen LogP contribution in [0, 0.1) is 0 Å². The van der Waals surface area contributed by atoms with Gasteiger partial charge in [-0.05, 0) is 25.3 Å². The van der Waals surface area contributed by atoms with Gasteiger partial charge in [-0.2, -0.15) is 11.8 Å². The van der Waals surface area contributed by atoms with E-state index in [0.717, 1.165) is 16.9 Å². The molecule has 7 heteroatoms. The van der Waals surface area contributed by atoms with E-state index in [0.29, 0.717) is 12.3 Å². The van der Waals surface area contributed by atoms with E-state index in [1.165, 1.54) is 0 Å². The molecule has 0 aliphatic carbocycles. The van der Waals surface area contributed by atoms with Gasteiger partial charge in [0.1, 0.15) is 12.4 Å². The number of benzene rings is 1. The number of hydrogen-bond donors (Lipinski definition) is 1. The number of nitrogens with one attached hydrogen (secondary N) is 1. The molecule has 0 fully saturated rings. The molecule has 0 aliphatic rings. The van der Waals surface area contributed by atoms with Crippen LogP contribution in [0.2, 0.25) is 0 Å². The third-order valence-corrected chi connectivity index (χ3v) is 3.94. The van der Waals surface area contributed by atoms with Crippen LogP contribution in [0.25, 0.3) is 11.0 Å². The number of rotatable bonds is 8. The smallest absolute Gasteiger partial charge is 0.326 e. The number of hydrogen-bond acceptors (Lipinski definition) is 5. The molecule has 0 spiro atoms. The minimum Gasteiger partial charge on any atom is -0.451 e. The number of carbonyl (C=O) groups excluding carboxylic acids is 2. The number of thioether (sulfide) groups is 1. The number of imidazole rings is 1. The van der Waals surface area contributed by atoms with Gasteiger partial charge in [-0.15, -0.1) is 6.58 Å². The predicted octanol–water partition coefficient (Wildman–Crippen LogP) is 2.13. The third kappa shape index (κ3) is 4.38. The number of nitrogens with zero attached hydrogens (tertiary/aromatic N) is 2. The monoisotopic (exact) mass is 347 g/mol. The molecule has 0 unspecified atom stereocenters. The average molecular weight is 347 g/mol. The molecule has 1 aromatic heterocycles. The molecule has 0 saturated carbocycles. The van der Waals surface area contributed by atoms with Gasteiger partial charge in [-0.3, -0.25) is 9.59 Å². The molecule has 0 saturated heterocycles. The number of fused-ring (bicyclic) bond motifs is 1. The van der Waals surface area contributed by atoms with Crippen molar-refractivity contribution in [1.82, 2.24) is 14.9 Å². The molecular formula is C17H21N3O3S. The van der Waals surface area contributed by atoms with E-state index in [9.17, 15) is 9.59 Å². The van der Waals surface area contributed by atoms with Crippen LogP contribution in [0.3, 0.4) is 0 Å². The first kappa shape index (κ1) is 18.1. The predicted molar refractivity (Wildman–Crippen MR) is 95.7 cm³/mol. The van der Waals surface area contributed by atoms with Crippen molar-refractivity contribution in [2.45, 2.75) is 25.3 Å². The van der Waals surface area contributed by atoms with Gasteiger partial charge in [-0.1, -0.05) is 18.2 Å². The molecule has 24 heavy (non-hydrogen) atoms. The Balaban J connectivity index is 2.10. The second-order valence-corrected chi connectivity index (χ2v) is 6.07. The molecular weight excluding hydrogens is 326 g/mol. The summed E-state index contributed by atoms with van der Waals surface area (Å²) in [5.74, 6) is 0.686. The van der Waals surface area contributed by atoms with Gasteiger partial charge in [0.15, 0.2) is 6.10 Å². The molecule has 1 atom stereocenters. The fourth-order valence-corrected chi connectivity index (χ4v) is 2.75. The Labute approximate surface area is 145 Å². The second kappa shape index (κ2) is 8.54. The molecule has 6 nitrogen and oxygen atoms in total. The first-order chi connectivity index (χ1) is 11.6. The SMILES string of the molecule is C=CCNC(=O)[C@@H](C)OC(=O)Cn1c(CSC)nc2ccccc21. The highest BCUT2D eigenvalue weighted by molar-refractivity contribution is 7.97. The standard InChI is InChI=1S/C17H21N3O3S/c1-4-9-18-17(22)12(2)23-16(21)10-20-14-8-6-5-7-13(14)19-15(20)11-24-3/h4-8,12H,1,9-11H2,2-3H3,(H,18,22)/t12-/m1/s1. The number of para-hydroxylation sites is 2. The van der Waals surface area contributed by atoms with Gasteiger partial charge in [0.25, 0.3) is 5.91 Å². The van der Waals surface area contributed by atoms with Crippen LogP contribution in [0.5, 0.6) is 0 Å². The third-order valence-electron chi connectivity index (χ3n) is 3.39. The Morgan fingerprint density at radius 1 is 1.46 bits per heavy atom. The minimum absolute atomic E-state index is 0.0233. The first-order valence-corrected chi connectivity index (χ1v) is 8.97. The fraction of sp³-hybridized carbons (Fsp3) is 0.353. The number of amides is 1. The topological polar surface area (TPSA) is 73.2 Å². The Morgan fingerprint density at radius 2 is 2.21 bits per heavy atom. The Hall–Kier alpha value is -2.28. The van der Waals surface area contributed by atoms with Crippen molar-refractivity contribution in [2.75, 3.05) is 12.8 Å². The van der Waals surface area contributed by atoms with Crippen molar-refractivity contribution < 1.29 is 14.3 Å². The molecule has 2 rings (SSSR count). The van der Waals surface area contributed by atoms with Gasteiger partial charge < -0.3 is 14.6 Å². The number of ether oxygens (including phenoxy) is 1. The van der Waals surface area contributed by atoms with Crippen LogP contribution in [0.4, 0.5) is 0 Å². The largest absolute Gasteiger partial charge is 0.451 e. The molecule has 1 heterocycles. The van der Waals surface area contributed by atoms with Crippen molar-refractivity contribution in [3.05, 3.63) is 42.7 Å². The molecule has 2 aromatic rings. The van der Waals surface area contributed by atoms with E-state index in [1.807, 2.05) is 35.1 Å². The van der Waals surface area contributed by atoms with Gasteiger partial charge >= 0.3 is 5.97 Å². The summed E-state index contributed by atoms with van der Waals surface area (Å²) < 4.78 is 7.06. The zero-order chi connectivity index (χ0) is 17.5. The van der Waals surface area contributed by atoms with Crippen LogP contribution < -0.4 is 5.32 Å². The minimum atomic E-state index is -0.851. The summed E-state index contributed by atoms with van der Waals surface area (Å²) in [6.07, 6.45) is 2.70. The molecule has 128 valence electrons. The van der Waals surface area contributed by atoms with Crippen molar-refractivity contribution in [3.8, 4) is 0 Å². The summed E-state index contributed by atoms with van der Waals surface area (Å²) >= 11 is 1.63. The van der Waals surface area contributed by atoms with Crippen LogP contribution in [-0.2, 0) is 26.6 Å². The maximum Gasteiger partial charge on any atom is 0.326 e. The molecule has 0 aliphatic heterocycles. The van der Waals surface area contributed by atoms with Crippen molar-refractivity contribution in [1.29, 1.82) is 0 Å². The Morgan fingerprint density at radius 3 is 2.92 bits per heavy atom. The number of aromatic nitrogens is 2. The van der Waals surface area contributed by atoms with Crippen LogP contribution in [0.1, 0.15) is 12.7 Å². The average Bonchev–Trinajstić information content (AvgIpc) is 2.90. The molecule has 0 bridgehead atoms. The first-order valence-electron chi connectivity index (χ1n) is 7.58. The van der Waals surface area contributed by atoms with Crippen molar-refractivity contribution >= 4 is 34.7 Å². The van der Waals surface area contributed by atoms with Crippen LogP contribution >= 0.6 is 11.8 Å². The highest BCUT2D eigenvalue weighted by Crippen LogP contribution is 2.19. The Bertz CT molecular complexity index is 742. The lowest BCUT2D eigenvalue weighted by atomic mass is 10.3. The molecule has 0 radical (unpaired) electrons. The van der Waals surface area contributed by atoms with E-state index in [-0.39, 0.29) is 12.5 Å². The lowest BCUT2D eigenvalue weighted by Crippen LogP contribution is -2.36. The highest BCUT2D eigenvalue weighted by Gasteiger charge is 2.19. The maximum atomic E-state index is 12.2. The molecule has 1 amide bonds. The van der Waals surface area contributed by atoms with Crippen molar-refractivity contribution in [2.24, 2.45) is 0 Å². The van der Waals surface area contributed by atoms with E-state index >= 15 is 0 Å². The van der Waals surface area contributed by atoms with E-state index in [4.69, 9.17) is 4.74 Å². The number of carbonyl (C=O) groups is 2. The summed E-state index contributed by atoms with van der Waals surface area (Å²) in [6, 6.07) is 7.64.